The lowest BCUT2D eigenvalue weighted by molar-refractivity contribution is 0.0692. The molecule has 1 N–H and O–H groups in total. The number of benzene rings is 1. The molecule has 0 unspecified atom stereocenters. The van der Waals surface area contributed by atoms with Crippen LogP contribution in [0.5, 0.6) is 0 Å². The second-order valence-corrected chi connectivity index (χ2v) is 5.13. The number of carboxylic acids is 1. The van der Waals surface area contributed by atoms with Crippen LogP contribution in [-0.4, -0.2) is 23.5 Å². The zero-order chi connectivity index (χ0) is 12.5. The largest absolute Gasteiger partial charge is 0.478 e. The summed E-state index contributed by atoms with van der Waals surface area (Å²) >= 11 is 0. The molecular weight excluding hydrogens is 242 g/mol. The minimum absolute atomic E-state index is 0.219. The average Bonchev–Trinajstić information content (AvgIpc) is 2.83. The number of aromatic carboxylic acids is 1. The Labute approximate surface area is 98.0 Å². The van der Waals surface area contributed by atoms with Crippen molar-refractivity contribution < 1.29 is 18.3 Å². The Morgan fingerprint density at radius 3 is 2.24 bits per heavy atom. The van der Waals surface area contributed by atoms with Crippen LogP contribution >= 0.6 is 0 Å². The third-order valence-electron chi connectivity index (χ3n) is 2.25. The third-order valence-corrected chi connectivity index (χ3v) is 3.96. The van der Waals surface area contributed by atoms with Gasteiger partial charge in [0.1, 0.15) is 4.90 Å². The van der Waals surface area contributed by atoms with Crippen LogP contribution in [0.4, 0.5) is 0 Å². The highest BCUT2D eigenvalue weighted by molar-refractivity contribution is 7.90. The molecule has 1 aromatic carbocycles. The molecule has 0 aliphatic heterocycles. The lowest BCUT2D eigenvalue weighted by atomic mass is 10.2. The van der Waals surface area contributed by atoms with E-state index < -0.39 is 16.0 Å². The first-order valence-corrected chi connectivity index (χ1v) is 6.18. The topological polar surface area (TPSA) is 76.4 Å². The Bertz CT molecular complexity index is 644. The van der Waals surface area contributed by atoms with Gasteiger partial charge in [0, 0.05) is 12.4 Å². The van der Waals surface area contributed by atoms with Gasteiger partial charge in [0.15, 0.2) is 0 Å². The third kappa shape index (κ3) is 1.94. The van der Waals surface area contributed by atoms with Crippen LogP contribution in [0.15, 0.2) is 53.7 Å². The molecule has 5 nitrogen and oxygen atoms in total. The molecule has 6 heteroatoms. The van der Waals surface area contributed by atoms with Crippen LogP contribution in [0.3, 0.4) is 0 Å². The molecule has 0 radical (unpaired) electrons. The van der Waals surface area contributed by atoms with Crippen molar-refractivity contribution in [1.82, 2.24) is 3.97 Å². The van der Waals surface area contributed by atoms with E-state index in [9.17, 15) is 13.2 Å². The molecule has 0 fully saturated rings. The molecule has 0 saturated heterocycles. The first kappa shape index (κ1) is 11.4. The van der Waals surface area contributed by atoms with Crippen LogP contribution in [0.2, 0.25) is 0 Å². The van der Waals surface area contributed by atoms with Gasteiger partial charge in [-0.05, 0) is 24.3 Å². The van der Waals surface area contributed by atoms with E-state index in [1.54, 1.807) is 12.1 Å². The van der Waals surface area contributed by atoms with Crippen molar-refractivity contribution in [3.05, 3.63) is 54.4 Å². The number of nitrogens with zero attached hydrogens (tertiary/aromatic N) is 1. The molecule has 0 amide bonds. The molecule has 2 aromatic rings. The monoisotopic (exact) mass is 251 g/mol. The Morgan fingerprint density at radius 1 is 1.06 bits per heavy atom. The van der Waals surface area contributed by atoms with E-state index in [-0.39, 0.29) is 10.5 Å². The highest BCUT2D eigenvalue weighted by Gasteiger charge is 2.22. The zero-order valence-corrected chi connectivity index (χ0v) is 9.46. The summed E-state index contributed by atoms with van der Waals surface area (Å²) in [5.41, 5.74) is -0.235. The molecule has 0 aliphatic carbocycles. The molecule has 0 spiro atoms. The fraction of sp³-hybridized carbons (Fsp3) is 0. The number of hydrogen-bond acceptors (Lipinski definition) is 3. The van der Waals surface area contributed by atoms with Crippen molar-refractivity contribution in [3.63, 3.8) is 0 Å². The second kappa shape index (κ2) is 4.06. The van der Waals surface area contributed by atoms with Crippen LogP contribution in [0.1, 0.15) is 10.4 Å². The van der Waals surface area contributed by atoms with Crippen molar-refractivity contribution in [2.24, 2.45) is 0 Å². The number of carbonyl (C=O) groups is 1. The lowest BCUT2D eigenvalue weighted by Gasteiger charge is -2.08. The maximum absolute atomic E-state index is 12.1. The standard InChI is InChI=1S/C11H9NO4S/c13-11(14)9-5-1-2-6-10(9)17(15,16)12-7-3-4-8-12/h1-8H,(H,13,14). The van der Waals surface area contributed by atoms with Gasteiger partial charge in [0.2, 0.25) is 0 Å². The highest BCUT2D eigenvalue weighted by Crippen LogP contribution is 2.18. The van der Waals surface area contributed by atoms with Crippen molar-refractivity contribution in [3.8, 4) is 0 Å². The predicted molar refractivity (Wildman–Crippen MR) is 60.4 cm³/mol. The molecule has 2 rings (SSSR count). The fourth-order valence-electron chi connectivity index (χ4n) is 1.46. The summed E-state index contributed by atoms with van der Waals surface area (Å²) in [6.45, 7) is 0. The van der Waals surface area contributed by atoms with Crippen LogP contribution in [-0.2, 0) is 10.0 Å². The summed E-state index contributed by atoms with van der Waals surface area (Å²) in [5, 5.41) is 8.95. The van der Waals surface area contributed by atoms with Crippen LogP contribution < -0.4 is 0 Å². The van der Waals surface area contributed by atoms with E-state index in [2.05, 4.69) is 0 Å². The summed E-state index contributed by atoms with van der Waals surface area (Å²) in [5.74, 6) is -1.27. The number of hydrogen-bond donors (Lipinski definition) is 1. The van der Waals surface area contributed by atoms with Gasteiger partial charge in [-0.2, -0.15) is 0 Å². The SMILES string of the molecule is O=C(O)c1ccccc1S(=O)(=O)n1cccc1. The minimum atomic E-state index is -3.84. The Morgan fingerprint density at radius 2 is 1.65 bits per heavy atom. The lowest BCUT2D eigenvalue weighted by Crippen LogP contribution is -2.15. The molecule has 1 aromatic heterocycles. The van der Waals surface area contributed by atoms with E-state index in [1.165, 1.54) is 36.7 Å². The minimum Gasteiger partial charge on any atom is -0.478 e. The van der Waals surface area contributed by atoms with Gasteiger partial charge in [0.05, 0.1) is 5.56 Å². The summed E-state index contributed by atoms with van der Waals surface area (Å²) < 4.78 is 25.2. The Balaban J connectivity index is 2.67. The first-order valence-electron chi connectivity index (χ1n) is 4.74. The zero-order valence-electron chi connectivity index (χ0n) is 8.65. The van der Waals surface area contributed by atoms with Crippen molar-refractivity contribution in [2.75, 3.05) is 0 Å². The van der Waals surface area contributed by atoms with Gasteiger partial charge in [0.25, 0.3) is 10.0 Å². The Hall–Kier alpha value is -2.08. The second-order valence-electron chi connectivity index (χ2n) is 3.32. The van der Waals surface area contributed by atoms with E-state index in [1.807, 2.05) is 0 Å². The van der Waals surface area contributed by atoms with Gasteiger partial charge >= 0.3 is 5.97 Å². The van der Waals surface area contributed by atoms with E-state index in [0.29, 0.717) is 0 Å². The van der Waals surface area contributed by atoms with Gasteiger partial charge in [-0.15, -0.1) is 0 Å². The average molecular weight is 251 g/mol. The van der Waals surface area contributed by atoms with E-state index in [4.69, 9.17) is 5.11 Å². The van der Waals surface area contributed by atoms with Crippen molar-refractivity contribution >= 4 is 16.0 Å². The maximum atomic E-state index is 12.1. The summed E-state index contributed by atoms with van der Waals surface area (Å²) in [7, 11) is -3.84. The van der Waals surface area contributed by atoms with Gasteiger partial charge in [-0.25, -0.2) is 17.2 Å². The van der Waals surface area contributed by atoms with Gasteiger partial charge < -0.3 is 5.11 Å². The van der Waals surface area contributed by atoms with Crippen molar-refractivity contribution in [2.45, 2.75) is 4.90 Å². The molecular formula is C11H9NO4S. The molecule has 0 saturated carbocycles. The van der Waals surface area contributed by atoms with Crippen LogP contribution in [0, 0.1) is 0 Å². The molecule has 0 aliphatic rings. The summed E-state index contributed by atoms with van der Waals surface area (Å²) in [6, 6.07) is 8.63. The van der Waals surface area contributed by atoms with Gasteiger partial charge in [-0.1, -0.05) is 12.1 Å². The molecule has 1 heterocycles. The quantitative estimate of drug-likeness (QED) is 0.895. The van der Waals surface area contributed by atoms with E-state index in [0.717, 1.165) is 3.97 Å². The molecule has 0 atom stereocenters. The van der Waals surface area contributed by atoms with Crippen molar-refractivity contribution in [1.29, 1.82) is 0 Å². The molecule has 0 bridgehead atoms. The van der Waals surface area contributed by atoms with E-state index >= 15 is 0 Å². The van der Waals surface area contributed by atoms with Crippen LogP contribution in [0.25, 0.3) is 0 Å². The smallest absolute Gasteiger partial charge is 0.337 e. The summed E-state index contributed by atoms with van der Waals surface area (Å²) in [4.78, 5) is 10.7. The fourth-order valence-corrected chi connectivity index (χ4v) is 2.83. The molecule has 17 heavy (non-hydrogen) atoms. The maximum Gasteiger partial charge on any atom is 0.337 e. The number of rotatable bonds is 3. The number of aromatic nitrogens is 1. The normalized spacial score (nSPS) is 11.3. The highest BCUT2D eigenvalue weighted by atomic mass is 32.2. The van der Waals surface area contributed by atoms with Gasteiger partial charge in [-0.3, -0.25) is 0 Å². The Kier molecular flexibility index (Phi) is 2.72. The molecule has 88 valence electrons. The predicted octanol–water partition coefficient (Wildman–Crippen LogP) is 1.42. The first-order chi connectivity index (χ1) is 8.03. The summed E-state index contributed by atoms with van der Waals surface area (Å²) in [6.07, 6.45) is 2.71. The number of carboxylic acid groups (broad SMARTS) is 1.